The van der Waals surface area contributed by atoms with Gasteiger partial charge in [0.2, 0.25) is 0 Å². The van der Waals surface area contributed by atoms with Crippen molar-refractivity contribution in [1.82, 2.24) is 25.2 Å². The topological polar surface area (TPSA) is 78.0 Å². The van der Waals surface area contributed by atoms with Gasteiger partial charge in [0.1, 0.15) is 0 Å². The lowest BCUT2D eigenvalue weighted by Crippen LogP contribution is -2.06. The molecule has 18 heavy (non-hydrogen) atoms. The van der Waals surface area contributed by atoms with Gasteiger partial charge in [-0.2, -0.15) is 10.1 Å². The van der Waals surface area contributed by atoms with Gasteiger partial charge >= 0.3 is 0 Å². The van der Waals surface area contributed by atoms with Crippen LogP contribution in [0, 0.1) is 0 Å². The van der Waals surface area contributed by atoms with E-state index in [9.17, 15) is 0 Å². The summed E-state index contributed by atoms with van der Waals surface area (Å²) >= 11 is 0. The molecule has 7 nitrogen and oxygen atoms in total. The van der Waals surface area contributed by atoms with Crippen LogP contribution in [0.3, 0.4) is 0 Å². The minimum absolute atomic E-state index is 0.488. The summed E-state index contributed by atoms with van der Waals surface area (Å²) < 4.78 is 12.1. The Morgan fingerprint density at radius 3 is 3.17 bits per heavy atom. The predicted molar refractivity (Wildman–Crippen MR) is 62.6 cm³/mol. The van der Waals surface area contributed by atoms with Gasteiger partial charge in [0, 0.05) is 39.2 Å². The van der Waals surface area contributed by atoms with E-state index in [1.807, 2.05) is 11.7 Å². The van der Waals surface area contributed by atoms with Crippen LogP contribution < -0.4 is 5.32 Å². The van der Waals surface area contributed by atoms with Gasteiger partial charge in [-0.1, -0.05) is 5.16 Å². The highest BCUT2D eigenvalue weighted by atomic mass is 16.5. The average Bonchev–Trinajstić information content (AvgIpc) is 3.05. The van der Waals surface area contributed by atoms with Gasteiger partial charge in [-0.3, -0.25) is 4.68 Å². The quantitative estimate of drug-likeness (QED) is 0.837. The Morgan fingerprint density at radius 2 is 2.33 bits per heavy atom. The molecule has 3 rings (SSSR count). The lowest BCUT2D eigenvalue weighted by Gasteiger charge is -1.94. The Balaban J connectivity index is 1.91. The van der Waals surface area contributed by atoms with E-state index in [0.29, 0.717) is 24.7 Å². The summed E-state index contributed by atoms with van der Waals surface area (Å²) in [6.45, 7) is 2.22. The molecule has 0 aromatic carbocycles. The van der Waals surface area contributed by atoms with Crippen LogP contribution in [-0.4, -0.2) is 33.6 Å². The van der Waals surface area contributed by atoms with Gasteiger partial charge in [-0.15, -0.1) is 0 Å². The number of rotatable bonds is 4. The second-order valence-electron chi connectivity index (χ2n) is 4.26. The van der Waals surface area contributed by atoms with Gasteiger partial charge in [0.05, 0.1) is 12.3 Å². The van der Waals surface area contributed by atoms with E-state index in [0.717, 1.165) is 24.3 Å². The number of nitrogens with zero attached hydrogens (tertiary/aromatic N) is 4. The normalized spacial score (nSPS) is 14.1. The highest BCUT2D eigenvalue weighted by Crippen LogP contribution is 2.26. The van der Waals surface area contributed by atoms with E-state index in [4.69, 9.17) is 9.26 Å². The largest absolute Gasteiger partial charge is 0.384 e. The van der Waals surface area contributed by atoms with Gasteiger partial charge in [0.15, 0.2) is 11.5 Å². The highest BCUT2D eigenvalue weighted by Gasteiger charge is 2.24. The van der Waals surface area contributed by atoms with Gasteiger partial charge in [-0.05, 0) is 0 Å². The van der Waals surface area contributed by atoms with Crippen molar-refractivity contribution in [3.63, 3.8) is 0 Å². The van der Waals surface area contributed by atoms with Crippen LogP contribution in [0.15, 0.2) is 4.52 Å². The zero-order chi connectivity index (χ0) is 12.5. The van der Waals surface area contributed by atoms with Crippen LogP contribution in [0.25, 0.3) is 11.6 Å². The molecule has 0 unspecified atom stereocenters. The molecular formula is C11H15N5O2. The van der Waals surface area contributed by atoms with E-state index < -0.39 is 0 Å². The van der Waals surface area contributed by atoms with Crippen molar-refractivity contribution in [2.24, 2.45) is 7.05 Å². The van der Waals surface area contributed by atoms with Crippen LogP contribution in [0.4, 0.5) is 0 Å². The lowest BCUT2D eigenvalue weighted by atomic mass is 10.2. The van der Waals surface area contributed by atoms with Gasteiger partial charge in [0.25, 0.3) is 5.89 Å². The van der Waals surface area contributed by atoms with Crippen LogP contribution >= 0.6 is 0 Å². The Kier molecular flexibility index (Phi) is 2.85. The lowest BCUT2D eigenvalue weighted by molar-refractivity contribution is 0.199. The third-order valence-corrected chi connectivity index (χ3v) is 3.07. The molecule has 1 aliphatic heterocycles. The van der Waals surface area contributed by atoms with Gasteiger partial charge in [-0.25, -0.2) is 0 Å². The number of ether oxygens (including phenoxy) is 1. The maximum Gasteiger partial charge on any atom is 0.278 e. The minimum Gasteiger partial charge on any atom is -0.384 e. The molecule has 2 aromatic rings. The molecule has 3 heterocycles. The monoisotopic (exact) mass is 249 g/mol. The van der Waals surface area contributed by atoms with Crippen LogP contribution in [0.2, 0.25) is 0 Å². The Bertz CT molecular complexity index is 560. The minimum atomic E-state index is 0.488. The summed E-state index contributed by atoms with van der Waals surface area (Å²) in [6, 6.07) is 0. The molecule has 0 bridgehead atoms. The molecule has 0 saturated heterocycles. The van der Waals surface area contributed by atoms with Crippen molar-refractivity contribution in [3.05, 3.63) is 17.1 Å². The first-order chi connectivity index (χ1) is 8.79. The number of hydrogen-bond acceptors (Lipinski definition) is 6. The van der Waals surface area contributed by atoms with Crippen molar-refractivity contribution >= 4 is 0 Å². The molecular weight excluding hydrogens is 234 g/mol. The van der Waals surface area contributed by atoms with Crippen molar-refractivity contribution in [1.29, 1.82) is 0 Å². The fourth-order valence-corrected chi connectivity index (χ4v) is 2.13. The maximum absolute atomic E-state index is 5.27. The summed E-state index contributed by atoms with van der Waals surface area (Å²) in [7, 11) is 3.58. The third-order valence-electron chi connectivity index (χ3n) is 3.07. The molecule has 0 atom stereocenters. The number of methoxy groups -OCH3 is 1. The summed E-state index contributed by atoms with van der Waals surface area (Å²) in [5, 5.41) is 11.7. The summed E-state index contributed by atoms with van der Waals surface area (Å²) in [4.78, 5) is 4.35. The smallest absolute Gasteiger partial charge is 0.278 e. The Morgan fingerprint density at radius 1 is 1.44 bits per heavy atom. The van der Waals surface area contributed by atoms with E-state index in [2.05, 4.69) is 20.6 Å². The van der Waals surface area contributed by atoms with Crippen molar-refractivity contribution in [3.8, 4) is 11.6 Å². The van der Waals surface area contributed by atoms with Crippen molar-refractivity contribution in [2.45, 2.75) is 19.5 Å². The molecule has 1 aliphatic rings. The highest BCUT2D eigenvalue weighted by molar-refractivity contribution is 5.55. The zero-order valence-electron chi connectivity index (χ0n) is 10.4. The first kappa shape index (κ1) is 11.4. The third kappa shape index (κ3) is 1.81. The summed E-state index contributed by atoms with van der Waals surface area (Å²) in [5.74, 6) is 1.14. The van der Waals surface area contributed by atoms with Crippen LogP contribution in [-0.2, 0) is 31.3 Å². The first-order valence-corrected chi connectivity index (χ1v) is 5.87. The zero-order valence-corrected chi connectivity index (χ0v) is 10.4. The Labute approximate surface area is 104 Å². The van der Waals surface area contributed by atoms with E-state index in [1.54, 1.807) is 7.11 Å². The SMILES string of the molecule is COCCc1noc(-c2nn(C)c3c2CNC3)n1. The van der Waals surface area contributed by atoms with Crippen LogP contribution in [0.5, 0.6) is 0 Å². The van der Waals surface area contributed by atoms with Crippen molar-refractivity contribution < 1.29 is 9.26 Å². The molecule has 7 heteroatoms. The maximum atomic E-state index is 5.27. The molecule has 0 aliphatic carbocycles. The fourth-order valence-electron chi connectivity index (χ4n) is 2.13. The number of fused-ring (bicyclic) bond motifs is 1. The molecule has 0 radical (unpaired) electrons. The molecule has 2 aromatic heterocycles. The predicted octanol–water partition coefficient (Wildman–Crippen LogP) is 0.262. The average molecular weight is 249 g/mol. The molecule has 0 saturated carbocycles. The summed E-state index contributed by atoms with van der Waals surface area (Å²) in [6.07, 6.45) is 0.646. The fraction of sp³-hybridized carbons (Fsp3) is 0.545. The van der Waals surface area contributed by atoms with E-state index >= 15 is 0 Å². The molecule has 0 spiro atoms. The second kappa shape index (κ2) is 4.51. The van der Waals surface area contributed by atoms with E-state index in [-0.39, 0.29) is 0 Å². The molecule has 0 amide bonds. The van der Waals surface area contributed by atoms with Gasteiger partial charge < -0.3 is 14.6 Å². The number of aromatic nitrogens is 4. The number of nitrogens with one attached hydrogen (secondary N) is 1. The molecule has 1 N–H and O–H groups in total. The number of hydrogen-bond donors (Lipinski definition) is 1. The second-order valence-corrected chi connectivity index (χ2v) is 4.26. The summed E-state index contributed by atoms with van der Waals surface area (Å²) in [5.41, 5.74) is 3.12. The van der Waals surface area contributed by atoms with Crippen LogP contribution in [0.1, 0.15) is 17.1 Å². The van der Waals surface area contributed by atoms with Crippen molar-refractivity contribution in [2.75, 3.05) is 13.7 Å². The first-order valence-electron chi connectivity index (χ1n) is 5.87. The number of aryl methyl sites for hydroxylation is 1. The van der Waals surface area contributed by atoms with E-state index in [1.165, 1.54) is 5.69 Å². The molecule has 96 valence electrons. The molecule has 0 fully saturated rings. The Hall–Kier alpha value is -1.73. The standard InChI is InChI=1S/C11H15N5O2/c1-16-8-6-12-5-7(8)10(14-16)11-13-9(15-18-11)3-4-17-2/h12H,3-6H2,1-2H3.